The summed E-state index contributed by atoms with van der Waals surface area (Å²) in [7, 11) is 0. The number of nitrogens with one attached hydrogen (secondary N) is 1. The van der Waals surface area contributed by atoms with Gasteiger partial charge in [0.2, 0.25) is 5.91 Å². The molecule has 0 heterocycles. The molecule has 0 aliphatic heterocycles. The van der Waals surface area contributed by atoms with Gasteiger partial charge in [0, 0.05) is 5.69 Å². The predicted molar refractivity (Wildman–Crippen MR) is 73.4 cm³/mol. The van der Waals surface area contributed by atoms with E-state index in [4.69, 9.17) is 0 Å². The molecule has 0 saturated heterocycles. The fourth-order valence-electron chi connectivity index (χ4n) is 1.84. The van der Waals surface area contributed by atoms with E-state index in [0.717, 1.165) is 29.9 Å². The van der Waals surface area contributed by atoms with Crippen molar-refractivity contribution in [3.63, 3.8) is 0 Å². The molecule has 3 nitrogen and oxygen atoms in total. The van der Waals surface area contributed by atoms with Gasteiger partial charge >= 0.3 is 51.4 Å². The van der Waals surface area contributed by atoms with Gasteiger partial charge in [-0.3, -0.25) is 9.69 Å². The van der Waals surface area contributed by atoms with Gasteiger partial charge in [-0.1, -0.05) is 32.0 Å². The molecule has 0 atom stereocenters. The Morgan fingerprint density at radius 2 is 1.72 bits per heavy atom. The molecule has 0 aromatic heterocycles. The number of likely N-dealkylation sites (N-methyl/N-ethyl adjacent to an activating group) is 1. The van der Waals surface area contributed by atoms with Gasteiger partial charge in [0.15, 0.2) is 0 Å². The first kappa shape index (κ1) is 18.3. The molecule has 0 fully saturated rings. The summed E-state index contributed by atoms with van der Waals surface area (Å²) in [6.07, 6.45) is 0. The van der Waals surface area contributed by atoms with Crippen LogP contribution >= 0.6 is 0 Å². The summed E-state index contributed by atoms with van der Waals surface area (Å²) in [5.74, 6) is 0.0612. The zero-order chi connectivity index (χ0) is 12.8. The second-order valence-electron chi connectivity index (χ2n) is 4.28. The van der Waals surface area contributed by atoms with Gasteiger partial charge in [-0.25, -0.2) is 0 Å². The normalized spacial score (nSPS) is 10.1. The van der Waals surface area contributed by atoms with E-state index >= 15 is 0 Å². The third kappa shape index (κ3) is 5.51. The molecule has 0 aliphatic carbocycles. The molecule has 18 heavy (non-hydrogen) atoms. The maximum absolute atomic E-state index is 11.9. The van der Waals surface area contributed by atoms with Crippen LogP contribution in [0.4, 0.5) is 5.69 Å². The van der Waals surface area contributed by atoms with Crippen LogP contribution in [0.2, 0.25) is 0 Å². The summed E-state index contributed by atoms with van der Waals surface area (Å²) in [6, 6.07) is 6.03. The number of aryl methyl sites for hydroxylation is 2. The van der Waals surface area contributed by atoms with E-state index < -0.39 is 0 Å². The predicted octanol–water partition coefficient (Wildman–Crippen LogP) is -0.300. The van der Waals surface area contributed by atoms with Crippen LogP contribution in [0, 0.1) is 13.8 Å². The van der Waals surface area contributed by atoms with E-state index in [1.165, 1.54) is 0 Å². The fourth-order valence-corrected chi connectivity index (χ4v) is 1.84. The topological polar surface area (TPSA) is 32.3 Å². The molecule has 4 heteroatoms. The van der Waals surface area contributed by atoms with E-state index in [9.17, 15) is 4.79 Å². The zero-order valence-corrected chi connectivity index (χ0v) is 15.3. The smallest absolute Gasteiger partial charge is 1.00 e. The Balaban J connectivity index is 0. The van der Waals surface area contributed by atoms with Crippen molar-refractivity contribution in [2.75, 3.05) is 25.0 Å². The van der Waals surface area contributed by atoms with Gasteiger partial charge in [-0.2, -0.15) is 0 Å². The van der Waals surface area contributed by atoms with Gasteiger partial charge < -0.3 is 6.74 Å². The molecule has 0 radical (unpaired) electrons. The summed E-state index contributed by atoms with van der Waals surface area (Å²) in [5.41, 5.74) is 3.17. The molecule has 1 N–H and O–H groups in total. The molecular weight excluding hydrogens is 251 g/mol. The first-order valence-corrected chi connectivity index (χ1v) is 6.16. The summed E-state index contributed by atoms with van der Waals surface area (Å²) < 4.78 is 0. The maximum Gasteiger partial charge on any atom is 1.00 e. The van der Waals surface area contributed by atoms with Crippen molar-refractivity contribution in [1.29, 1.82) is 0 Å². The summed E-state index contributed by atoms with van der Waals surface area (Å²) in [6.45, 7) is 10.4. The van der Waals surface area contributed by atoms with Crippen LogP contribution in [-0.2, 0) is 4.79 Å². The molecular formula is C14H23KN2O. The molecule has 96 valence electrons. The molecule has 0 unspecified atom stereocenters. The largest absolute Gasteiger partial charge is 1.00 e. The zero-order valence-electron chi connectivity index (χ0n) is 13.2. The Morgan fingerprint density at radius 1 is 1.22 bits per heavy atom. The number of benzene rings is 1. The molecule has 1 aromatic rings. The number of rotatable bonds is 5. The van der Waals surface area contributed by atoms with Crippen LogP contribution in [0.25, 0.3) is 0 Å². The van der Waals surface area contributed by atoms with Gasteiger partial charge in [0.1, 0.15) is 0 Å². The first-order chi connectivity index (χ1) is 8.08. The number of carbonyl (C=O) groups is 1. The van der Waals surface area contributed by atoms with E-state index in [2.05, 4.69) is 24.1 Å². The van der Waals surface area contributed by atoms with Crippen LogP contribution in [0.5, 0.6) is 0 Å². The van der Waals surface area contributed by atoms with E-state index in [-0.39, 0.29) is 58.7 Å². The number of carbonyl (C=O) groups excluding carboxylic acids is 1. The second kappa shape index (κ2) is 9.23. The molecule has 0 aliphatic rings. The fraction of sp³-hybridized carbons (Fsp3) is 0.500. The van der Waals surface area contributed by atoms with Gasteiger partial charge in [0.05, 0.1) is 6.54 Å². The van der Waals surface area contributed by atoms with Crippen molar-refractivity contribution in [2.24, 2.45) is 0 Å². The summed E-state index contributed by atoms with van der Waals surface area (Å²) in [5, 5.41) is 3.00. The average molecular weight is 274 g/mol. The van der Waals surface area contributed by atoms with E-state index in [0.29, 0.717) is 6.54 Å². The SMILES string of the molecule is CCN(CC)CC(=O)Nc1c(C)cccc1C.[H-].[K+]. The van der Waals surface area contributed by atoms with Crippen LogP contribution in [0.3, 0.4) is 0 Å². The van der Waals surface area contributed by atoms with Gasteiger partial charge in [0.25, 0.3) is 0 Å². The minimum absolute atomic E-state index is 0. The Bertz CT molecular complexity index is 375. The summed E-state index contributed by atoms with van der Waals surface area (Å²) >= 11 is 0. The molecule has 0 saturated carbocycles. The number of anilines is 1. The number of amides is 1. The van der Waals surface area contributed by atoms with Crippen molar-refractivity contribution in [2.45, 2.75) is 27.7 Å². The van der Waals surface area contributed by atoms with Crippen LogP contribution < -0.4 is 56.7 Å². The van der Waals surface area contributed by atoms with E-state index in [1.54, 1.807) is 0 Å². The number of nitrogens with zero attached hydrogens (tertiary/aromatic N) is 1. The van der Waals surface area contributed by atoms with Crippen molar-refractivity contribution in [1.82, 2.24) is 4.90 Å². The van der Waals surface area contributed by atoms with Crippen molar-refractivity contribution in [3.05, 3.63) is 29.3 Å². The van der Waals surface area contributed by atoms with Crippen LogP contribution in [0.1, 0.15) is 26.4 Å². The Kier molecular flexibility index (Phi) is 9.38. The maximum atomic E-state index is 11.9. The number of hydrogen-bond acceptors (Lipinski definition) is 2. The standard InChI is InChI=1S/C14H22N2O.K.H/c1-5-16(6-2)10-13(17)15-14-11(3)8-7-9-12(14)4;;/h7-9H,5-6,10H2,1-4H3,(H,15,17);;/q;+1;-1. The van der Waals surface area contributed by atoms with Gasteiger partial charge in [-0.15, -0.1) is 0 Å². The third-order valence-corrected chi connectivity index (χ3v) is 3.01. The van der Waals surface area contributed by atoms with E-state index in [1.807, 2.05) is 32.0 Å². The molecule has 0 bridgehead atoms. The first-order valence-electron chi connectivity index (χ1n) is 6.16. The van der Waals surface area contributed by atoms with Gasteiger partial charge in [-0.05, 0) is 38.1 Å². The summed E-state index contributed by atoms with van der Waals surface area (Å²) in [4.78, 5) is 14.0. The average Bonchev–Trinajstić information content (AvgIpc) is 2.31. The molecule has 1 aromatic carbocycles. The van der Waals surface area contributed by atoms with Crippen molar-refractivity contribution < 1.29 is 57.6 Å². The number of hydrogen-bond donors (Lipinski definition) is 1. The van der Waals surface area contributed by atoms with Crippen LogP contribution in [0.15, 0.2) is 18.2 Å². The van der Waals surface area contributed by atoms with Crippen molar-refractivity contribution in [3.8, 4) is 0 Å². The molecule has 1 rings (SSSR count). The third-order valence-electron chi connectivity index (χ3n) is 3.01. The molecule has 1 amide bonds. The number of para-hydroxylation sites is 1. The van der Waals surface area contributed by atoms with Crippen LogP contribution in [-0.4, -0.2) is 30.4 Å². The minimum Gasteiger partial charge on any atom is -1.00 e. The molecule has 0 spiro atoms. The Labute approximate surface area is 154 Å². The minimum atomic E-state index is 0. The Hall–Kier alpha value is 0.286. The monoisotopic (exact) mass is 274 g/mol. The quantitative estimate of drug-likeness (QED) is 0.748. The van der Waals surface area contributed by atoms with Crippen molar-refractivity contribution >= 4 is 11.6 Å². The Morgan fingerprint density at radius 3 is 2.17 bits per heavy atom. The second-order valence-corrected chi connectivity index (χ2v) is 4.28.